The highest BCUT2D eigenvalue weighted by molar-refractivity contribution is 5.94. The van der Waals surface area contributed by atoms with Gasteiger partial charge in [0.25, 0.3) is 11.5 Å². The van der Waals surface area contributed by atoms with Gasteiger partial charge in [-0.25, -0.2) is 4.79 Å². The third kappa shape index (κ3) is 4.77. The van der Waals surface area contributed by atoms with Crippen molar-refractivity contribution in [3.05, 3.63) is 62.7 Å². The number of aromatic amines is 1. The molecule has 0 saturated carbocycles. The molecule has 4 rings (SSSR count). The standard InChI is InChI=1S/C23H29FN4O6/c1-22(32)14-23(34-13-18(22)28-12-17(24)19(29)26-21(28)31)6-9-27(10-7-23)20(30)15-2-4-16(5-3-15)33-11-8-25/h2-5,12,18,32H,6-11,13-14,25H2,1H3,(H,26,29,31)/t18-,22-/m0/s1. The highest BCUT2D eigenvalue weighted by atomic mass is 19.1. The van der Waals surface area contributed by atoms with Gasteiger partial charge >= 0.3 is 5.69 Å². The number of nitrogens with one attached hydrogen (secondary N) is 1. The predicted molar refractivity (Wildman–Crippen MR) is 120 cm³/mol. The van der Waals surface area contributed by atoms with E-state index in [0.717, 1.165) is 10.8 Å². The lowest BCUT2D eigenvalue weighted by Gasteiger charge is -2.51. The Hall–Kier alpha value is -3.02. The van der Waals surface area contributed by atoms with Crippen molar-refractivity contribution in [3.63, 3.8) is 0 Å². The number of halogens is 1. The Labute approximate surface area is 195 Å². The largest absolute Gasteiger partial charge is 0.492 e. The average molecular weight is 477 g/mol. The Bertz CT molecular complexity index is 1150. The van der Waals surface area contributed by atoms with Crippen LogP contribution in [0.3, 0.4) is 0 Å². The van der Waals surface area contributed by atoms with Crippen molar-refractivity contribution < 1.29 is 23.8 Å². The van der Waals surface area contributed by atoms with Crippen molar-refractivity contribution >= 4 is 5.91 Å². The monoisotopic (exact) mass is 476 g/mol. The van der Waals surface area contributed by atoms with Crippen molar-refractivity contribution in [1.82, 2.24) is 14.5 Å². The van der Waals surface area contributed by atoms with Crippen molar-refractivity contribution in [2.24, 2.45) is 5.73 Å². The summed E-state index contributed by atoms with van der Waals surface area (Å²) < 4.78 is 26.3. The van der Waals surface area contributed by atoms with Gasteiger partial charge in [-0.05, 0) is 44.0 Å². The summed E-state index contributed by atoms with van der Waals surface area (Å²) in [4.78, 5) is 40.1. The molecule has 2 aromatic rings. The molecule has 0 bridgehead atoms. The number of nitrogens with zero attached hydrogens (tertiary/aromatic N) is 2. The van der Waals surface area contributed by atoms with Crippen LogP contribution in [-0.4, -0.2) is 69.5 Å². The second-order valence-electron chi connectivity index (χ2n) is 9.14. The molecule has 1 aromatic heterocycles. The fourth-order valence-electron chi connectivity index (χ4n) is 4.82. The van der Waals surface area contributed by atoms with Crippen LogP contribution in [0.25, 0.3) is 0 Å². The van der Waals surface area contributed by atoms with Gasteiger partial charge < -0.3 is 25.2 Å². The number of amides is 1. The Morgan fingerprint density at radius 3 is 2.59 bits per heavy atom. The lowest BCUT2D eigenvalue weighted by Crippen LogP contribution is -2.59. The van der Waals surface area contributed by atoms with Gasteiger partial charge in [-0.2, -0.15) is 4.39 Å². The van der Waals surface area contributed by atoms with E-state index in [1.165, 1.54) is 0 Å². The molecule has 0 aliphatic carbocycles. The number of aliphatic hydroxyl groups is 1. The van der Waals surface area contributed by atoms with Crippen molar-refractivity contribution in [3.8, 4) is 5.75 Å². The number of hydrogen-bond donors (Lipinski definition) is 3. The number of carbonyl (C=O) groups is 1. The number of nitrogens with two attached hydrogens (primary N) is 1. The summed E-state index contributed by atoms with van der Waals surface area (Å²) in [6, 6.07) is 6.03. The SMILES string of the molecule is C[C@]1(O)CC2(CCN(C(=O)c3ccc(OCCN)cc3)CC2)OC[C@@H]1n1cc(F)c(=O)[nH]c1=O. The van der Waals surface area contributed by atoms with E-state index in [2.05, 4.69) is 0 Å². The van der Waals surface area contributed by atoms with E-state index < -0.39 is 34.3 Å². The zero-order valence-electron chi connectivity index (χ0n) is 19.0. The summed E-state index contributed by atoms with van der Waals surface area (Å²) in [5.74, 6) is -0.564. The second kappa shape index (κ2) is 9.32. The molecular formula is C23H29FN4O6. The van der Waals surface area contributed by atoms with E-state index in [9.17, 15) is 23.9 Å². The summed E-state index contributed by atoms with van der Waals surface area (Å²) in [6.07, 6.45) is 2.02. The van der Waals surface area contributed by atoms with E-state index in [1.807, 2.05) is 4.98 Å². The molecule has 2 aliphatic heterocycles. The molecule has 4 N–H and O–H groups in total. The van der Waals surface area contributed by atoms with Gasteiger partial charge in [-0.1, -0.05) is 0 Å². The minimum atomic E-state index is -1.39. The molecule has 2 aliphatic rings. The molecule has 2 atom stereocenters. The van der Waals surface area contributed by atoms with Gasteiger partial charge in [0.05, 0.1) is 30.0 Å². The topological polar surface area (TPSA) is 140 Å². The average Bonchev–Trinajstić information content (AvgIpc) is 2.80. The molecule has 0 unspecified atom stereocenters. The number of rotatable bonds is 5. The van der Waals surface area contributed by atoms with E-state index in [1.54, 1.807) is 36.1 Å². The Balaban J connectivity index is 1.41. The smallest absolute Gasteiger partial charge is 0.328 e. The van der Waals surface area contributed by atoms with E-state index in [-0.39, 0.29) is 18.9 Å². The number of aromatic nitrogens is 2. The normalized spacial score (nSPS) is 24.2. The third-order valence-corrected chi connectivity index (χ3v) is 6.66. The number of H-pyrrole nitrogens is 1. The fourth-order valence-corrected chi connectivity index (χ4v) is 4.82. The molecule has 34 heavy (non-hydrogen) atoms. The zero-order chi connectivity index (χ0) is 24.5. The molecule has 2 fully saturated rings. The molecule has 0 radical (unpaired) electrons. The Morgan fingerprint density at radius 2 is 1.97 bits per heavy atom. The van der Waals surface area contributed by atoms with Crippen molar-refractivity contribution in [2.45, 2.75) is 43.4 Å². The van der Waals surface area contributed by atoms with Gasteiger partial charge in [0.15, 0.2) is 0 Å². The quantitative estimate of drug-likeness (QED) is 0.568. The van der Waals surface area contributed by atoms with Crippen LogP contribution in [0, 0.1) is 5.82 Å². The fraction of sp³-hybridized carbons (Fsp3) is 0.522. The van der Waals surface area contributed by atoms with Crippen LogP contribution in [-0.2, 0) is 4.74 Å². The van der Waals surface area contributed by atoms with Crippen LogP contribution >= 0.6 is 0 Å². The molecule has 1 amide bonds. The van der Waals surface area contributed by atoms with Crippen LogP contribution in [0.5, 0.6) is 5.75 Å². The van der Waals surface area contributed by atoms with E-state index in [4.69, 9.17) is 15.2 Å². The molecular weight excluding hydrogens is 447 g/mol. The van der Waals surface area contributed by atoms with Crippen molar-refractivity contribution in [2.75, 3.05) is 32.8 Å². The third-order valence-electron chi connectivity index (χ3n) is 6.66. The molecule has 1 spiro atoms. The van der Waals surface area contributed by atoms with E-state index >= 15 is 0 Å². The highest BCUT2D eigenvalue weighted by Gasteiger charge is 2.50. The Morgan fingerprint density at radius 1 is 1.29 bits per heavy atom. The lowest BCUT2D eigenvalue weighted by molar-refractivity contribution is -0.195. The molecule has 11 heteroatoms. The Kier molecular flexibility index (Phi) is 6.61. The van der Waals surface area contributed by atoms with Gasteiger partial charge in [0.1, 0.15) is 12.4 Å². The first-order valence-corrected chi connectivity index (χ1v) is 11.2. The predicted octanol–water partition coefficient (Wildman–Crippen LogP) is 0.401. The number of benzene rings is 1. The van der Waals surface area contributed by atoms with Crippen LogP contribution in [0.4, 0.5) is 4.39 Å². The highest BCUT2D eigenvalue weighted by Crippen LogP contribution is 2.43. The number of ether oxygens (including phenoxy) is 2. The minimum Gasteiger partial charge on any atom is -0.492 e. The molecule has 184 valence electrons. The first-order chi connectivity index (χ1) is 16.1. The number of hydrogen-bond acceptors (Lipinski definition) is 7. The summed E-state index contributed by atoms with van der Waals surface area (Å²) in [7, 11) is 0. The lowest BCUT2D eigenvalue weighted by atomic mass is 9.75. The summed E-state index contributed by atoms with van der Waals surface area (Å²) in [5.41, 5.74) is 2.00. The number of carbonyl (C=O) groups excluding carboxylic acids is 1. The van der Waals surface area contributed by atoms with Crippen LogP contribution in [0.1, 0.15) is 42.6 Å². The molecule has 3 heterocycles. The number of likely N-dealkylation sites (tertiary alicyclic amines) is 1. The van der Waals surface area contributed by atoms with Gasteiger partial charge in [-0.3, -0.25) is 19.1 Å². The zero-order valence-corrected chi connectivity index (χ0v) is 19.0. The van der Waals surface area contributed by atoms with Crippen LogP contribution < -0.4 is 21.7 Å². The van der Waals surface area contributed by atoms with Gasteiger partial charge in [0, 0.05) is 31.6 Å². The summed E-state index contributed by atoms with van der Waals surface area (Å²) in [5, 5.41) is 11.2. The second-order valence-corrected chi connectivity index (χ2v) is 9.14. The maximum Gasteiger partial charge on any atom is 0.328 e. The molecule has 10 nitrogen and oxygen atoms in total. The van der Waals surface area contributed by atoms with Crippen LogP contribution in [0.15, 0.2) is 40.1 Å². The van der Waals surface area contributed by atoms with Crippen LogP contribution in [0.2, 0.25) is 0 Å². The summed E-state index contributed by atoms with van der Waals surface area (Å²) in [6.45, 7) is 3.23. The van der Waals surface area contributed by atoms with Gasteiger partial charge in [0.2, 0.25) is 5.82 Å². The first kappa shape index (κ1) is 24.1. The van der Waals surface area contributed by atoms with Crippen molar-refractivity contribution in [1.29, 1.82) is 0 Å². The first-order valence-electron chi connectivity index (χ1n) is 11.2. The summed E-state index contributed by atoms with van der Waals surface area (Å²) >= 11 is 0. The minimum absolute atomic E-state index is 0.0312. The molecule has 2 saturated heterocycles. The molecule has 1 aromatic carbocycles. The van der Waals surface area contributed by atoms with Gasteiger partial charge in [-0.15, -0.1) is 0 Å². The maximum atomic E-state index is 13.8. The number of piperidine rings is 1. The maximum absolute atomic E-state index is 13.8. The van der Waals surface area contributed by atoms with E-state index in [0.29, 0.717) is 50.4 Å².